The molecule has 0 aliphatic carbocycles. The number of carbonyl (C=O) groups is 3. The molecular formula is C23H21N5O3S2. The Bertz CT molecular complexity index is 1170. The Morgan fingerprint density at radius 3 is 2.76 bits per heavy atom. The molecule has 1 fully saturated rings. The van der Waals surface area contributed by atoms with E-state index in [2.05, 4.69) is 15.3 Å². The number of nitrogens with one attached hydrogen (secondary N) is 1. The molecule has 0 atom stereocenters. The Labute approximate surface area is 199 Å². The second-order valence-electron chi connectivity index (χ2n) is 7.08. The number of thioether (sulfide) groups is 2. The lowest BCUT2D eigenvalue weighted by molar-refractivity contribution is -0.123. The van der Waals surface area contributed by atoms with Crippen molar-refractivity contribution in [2.24, 2.45) is 0 Å². The van der Waals surface area contributed by atoms with Gasteiger partial charge in [0.05, 0.1) is 10.7 Å². The number of carbonyl (C=O) groups excluding carboxylic acids is 3. The van der Waals surface area contributed by atoms with E-state index in [0.29, 0.717) is 11.4 Å². The van der Waals surface area contributed by atoms with Crippen LogP contribution in [0.5, 0.6) is 0 Å². The highest BCUT2D eigenvalue weighted by molar-refractivity contribution is 8.18. The molecule has 0 saturated carbocycles. The minimum absolute atomic E-state index is 0.119. The number of nitrogens with zero attached hydrogens (tertiary/aromatic N) is 4. The molecule has 3 amide bonds. The van der Waals surface area contributed by atoms with E-state index in [9.17, 15) is 14.4 Å². The largest absolute Gasteiger partial charge is 0.354 e. The predicted molar refractivity (Wildman–Crippen MR) is 128 cm³/mol. The molecule has 3 heterocycles. The second-order valence-corrected chi connectivity index (χ2v) is 9.02. The standard InChI is InChI=1S/C23H21N5O3S2/c29-20(16-32-22-26-9-11-27(22)15-17-5-2-1-3-6-17)25-10-12-28-21(30)19(33-23(28)31)13-18-7-4-8-24-14-18/h1-9,11,13-14H,10,12,15-16H2,(H,25,29)/b19-13+. The van der Waals surface area contributed by atoms with Crippen molar-refractivity contribution in [1.29, 1.82) is 0 Å². The number of rotatable bonds is 9. The van der Waals surface area contributed by atoms with Gasteiger partial charge in [0.15, 0.2) is 5.16 Å². The molecule has 1 aliphatic heterocycles. The van der Waals surface area contributed by atoms with E-state index in [1.807, 2.05) is 47.2 Å². The first kappa shape index (κ1) is 22.8. The third-order valence-electron chi connectivity index (χ3n) is 4.72. The number of hydrogen-bond acceptors (Lipinski definition) is 7. The van der Waals surface area contributed by atoms with E-state index in [1.54, 1.807) is 30.7 Å². The zero-order valence-corrected chi connectivity index (χ0v) is 19.2. The fourth-order valence-corrected chi connectivity index (χ4v) is 4.78. The number of imidazole rings is 1. The van der Waals surface area contributed by atoms with Gasteiger partial charge in [-0.25, -0.2) is 4.98 Å². The first-order valence-electron chi connectivity index (χ1n) is 10.2. The van der Waals surface area contributed by atoms with E-state index >= 15 is 0 Å². The Kier molecular flexibility index (Phi) is 7.59. The normalized spacial score (nSPS) is 14.8. The molecule has 0 unspecified atom stereocenters. The minimum Gasteiger partial charge on any atom is -0.354 e. The van der Waals surface area contributed by atoms with Crippen molar-refractivity contribution in [3.63, 3.8) is 0 Å². The summed E-state index contributed by atoms with van der Waals surface area (Å²) in [6.45, 7) is 0.987. The number of aromatic nitrogens is 3. The molecule has 0 radical (unpaired) electrons. The van der Waals surface area contributed by atoms with Gasteiger partial charge in [0.1, 0.15) is 0 Å². The second kappa shape index (κ2) is 11.0. The summed E-state index contributed by atoms with van der Waals surface area (Å²) in [6.07, 6.45) is 8.50. The van der Waals surface area contributed by atoms with E-state index < -0.39 is 0 Å². The molecule has 1 N–H and O–H groups in total. The molecule has 1 saturated heterocycles. The lowest BCUT2D eigenvalue weighted by atomic mass is 10.2. The summed E-state index contributed by atoms with van der Waals surface area (Å²) >= 11 is 2.23. The molecule has 8 nitrogen and oxygen atoms in total. The summed E-state index contributed by atoms with van der Waals surface area (Å²) in [7, 11) is 0. The summed E-state index contributed by atoms with van der Waals surface area (Å²) in [5.74, 6) is -0.359. The zero-order valence-electron chi connectivity index (χ0n) is 17.6. The molecule has 0 bridgehead atoms. The summed E-state index contributed by atoms with van der Waals surface area (Å²) in [5, 5.41) is 3.17. The number of imide groups is 1. The fourth-order valence-electron chi connectivity index (χ4n) is 3.13. The molecule has 2 aromatic heterocycles. The lowest BCUT2D eigenvalue weighted by Gasteiger charge is -2.13. The Morgan fingerprint density at radius 2 is 1.97 bits per heavy atom. The highest BCUT2D eigenvalue weighted by Crippen LogP contribution is 2.31. The summed E-state index contributed by atoms with van der Waals surface area (Å²) in [5.41, 5.74) is 1.90. The molecule has 1 aliphatic rings. The average Bonchev–Trinajstić information content (AvgIpc) is 3.38. The number of benzene rings is 1. The molecule has 33 heavy (non-hydrogen) atoms. The average molecular weight is 480 g/mol. The first-order chi connectivity index (χ1) is 16.1. The van der Waals surface area contributed by atoms with Crippen molar-refractivity contribution >= 4 is 46.7 Å². The Hall–Kier alpha value is -3.37. The van der Waals surface area contributed by atoms with Crippen LogP contribution >= 0.6 is 23.5 Å². The third-order valence-corrected chi connectivity index (χ3v) is 6.63. The fraction of sp³-hybridized carbons (Fsp3) is 0.174. The smallest absolute Gasteiger partial charge is 0.293 e. The maximum atomic E-state index is 12.5. The first-order valence-corrected chi connectivity index (χ1v) is 12.0. The molecular weight excluding hydrogens is 458 g/mol. The van der Waals surface area contributed by atoms with E-state index in [4.69, 9.17) is 0 Å². The van der Waals surface area contributed by atoms with Gasteiger partial charge in [-0.15, -0.1) is 0 Å². The molecule has 10 heteroatoms. The molecule has 4 rings (SSSR count). The van der Waals surface area contributed by atoms with Crippen molar-refractivity contribution in [2.75, 3.05) is 18.8 Å². The quantitative estimate of drug-likeness (QED) is 0.372. The van der Waals surface area contributed by atoms with Crippen molar-refractivity contribution < 1.29 is 14.4 Å². The highest BCUT2D eigenvalue weighted by Gasteiger charge is 2.34. The Morgan fingerprint density at radius 1 is 1.12 bits per heavy atom. The van der Waals surface area contributed by atoms with Crippen LogP contribution in [0, 0.1) is 0 Å². The van der Waals surface area contributed by atoms with Crippen molar-refractivity contribution in [3.05, 3.63) is 83.3 Å². The topological polar surface area (TPSA) is 97.2 Å². The Balaban J connectivity index is 1.23. The third kappa shape index (κ3) is 6.11. The van der Waals surface area contributed by atoms with Gasteiger partial charge in [0.2, 0.25) is 5.91 Å². The number of pyridine rings is 1. The van der Waals surface area contributed by atoms with Crippen LogP contribution in [0.15, 0.2) is 77.3 Å². The van der Waals surface area contributed by atoms with Crippen molar-refractivity contribution in [2.45, 2.75) is 11.7 Å². The van der Waals surface area contributed by atoms with Crippen molar-refractivity contribution in [3.8, 4) is 0 Å². The molecule has 168 valence electrons. The minimum atomic E-state index is -0.361. The van der Waals surface area contributed by atoms with Gasteiger partial charge in [-0.1, -0.05) is 48.2 Å². The van der Waals surface area contributed by atoms with Crippen LogP contribution in [0.4, 0.5) is 4.79 Å². The molecule has 3 aromatic rings. The SMILES string of the molecule is O=C(CSc1nccn1Cc1ccccc1)NCCN1C(=O)S/C(=C/c2cccnc2)C1=O. The monoisotopic (exact) mass is 479 g/mol. The highest BCUT2D eigenvalue weighted by atomic mass is 32.2. The van der Waals surface area contributed by atoms with Gasteiger partial charge in [0, 0.05) is 44.4 Å². The number of hydrogen-bond donors (Lipinski definition) is 1. The summed E-state index contributed by atoms with van der Waals surface area (Å²) < 4.78 is 1.99. The summed E-state index contributed by atoms with van der Waals surface area (Å²) in [6, 6.07) is 13.6. The van der Waals surface area contributed by atoms with Crippen LogP contribution in [0.25, 0.3) is 6.08 Å². The summed E-state index contributed by atoms with van der Waals surface area (Å²) in [4.78, 5) is 46.8. The van der Waals surface area contributed by atoms with E-state index in [0.717, 1.165) is 32.9 Å². The zero-order chi connectivity index (χ0) is 23.0. The number of amides is 3. The van der Waals surface area contributed by atoms with Gasteiger partial charge in [0.25, 0.3) is 11.1 Å². The maximum absolute atomic E-state index is 12.5. The predicted octanol–water partition coefficient (Wildman–Crippen LogP) is 3.27. The van der Waals surface area contributed by atoms with Crippen LogP contribution < -0.4 is 5.32 Å². The van der Waals surface area contributed by atoms with Crippen LogP contribution in [-0.2, 0) is 16.1 Å². The van der Waals surface area contributed by atoms with Crippen LogP contribution in [0.3, 0.4) is 0 Å². The van der Waals surface area contributed by atoms with Crippen LogP contribution in [0.2, 0.25) is 0 Å². The van der Waals surface area contributed by atoms with E-state index in [1.165, 1.54) is 11.8 Å². The maximum Gasteiger partial charge on any atom is 0.293 e. The lowest BCUT2D eigenvalue weighted by Crippen LogP contribution is -2.37. The molecule has 1 aromatic carbocycles. The van der Waals surface area contributed by atoms with Gasteiger partial charge in [-0.05, 0) is 35.0 Å². The van der Waals surface area contributed by atoms with E-state index in [-0.39, 0.29) is 35.9 Å². The van der Waals surface area contributed by atoms with Gasteiger partial charge in [-0.3, -0.25) is 24.3 Å². The van der Waals surface area contributed by atoms with Crippen molar-refractivity contribution in [1.82, 2.24) is 24.8 Å². The van der Waals surface area contributed by atoms with Gasteiger partial charge >= 0.3 is 0 Å². The molecule has 0 spiro atoms. The van der Waals surface area contributed by atoms with Crippen LogP contribution in [0.1, 0.15) is 11.1 Å². The van der Waals surface area contributed by atoms with Gasteiger partial charge in [-0.2, -0.15) is 0 Å². The van der Waals surface area contributed by atoms with Gasteiger partial charge < -0.3 is 9.88 Å². The van der Waals surface area contributed by atoms with Crippen LogP contribution in [-0.4, -0.2) is 55.3 Å².